The Labute approximate surface area is 184 Å². The second-order valence-electron chi connectivity index (χ2n) is 7.69. The predicted molar refractivity (Wildman–Crippen MR) is 121 cm³/mol. The number of benzene rings is 2. The van der Waals surface area contributed by atoms with Gasteiger partial charge in [-0.05, 0) is 30.0 Å². The van der Waals surface area contributed by atoms with Gasteiger partial charge in [0.05, 0.1) is 37.8 Å². The summed E-state index contributed by atoms with van der Waals surface area (Å²) in [6, 6.07) is 11.8. The van der Waals surface area contributed by atoms with E-state index in [1.807, 2.05) is 24.3 Å². The number of thioether (sulfide) groups is 1. The molecule has 0 saturated carbocycles. The van der Waals surface area contributed by atoms with Crippen LogP contribution in [-0.2, 0) is 0 Å². The molecule has 30 heavy (non-hydrogen) atoms. The molecule has 0 aliphatic carbocycles. The number of hydrogen-bond donors (Lipinski definition) is 1. The summed E-state index contributed by atoms with van der Waals surface area (Å²) in [5.74, 6) is 2.61. The SMILES string of the molecule is CCCC[C@@]1(CC)CSc2c(cc(OC)c(OC)c2OC)[C@H](c2ccccc2)N1O. The van der Waals surface area contributed by atoms with Gasteiger partial charge in [0.25, 0.3) is 0 Å². The van der Waals surface area contributed by atoms with Gasteiger partial charge < -0.3 is 19.4 Å². The first kappa shape index (κ1) is 22.8. The highest BCUT2D eigenvalue weighted by Crippen LogP contribution is 2.54. The van der Waals surface area contributed by atoms with Crippen LogP contribution >= 0.6 is 11.8 Å². The molecule has 164 valence electrons. The predicted octanol–water partition coefficient (Wildman–Crippen LogP) is 5.94. The summed E-state index contributed by atoms with van der Waals surface area (Å²) in [5.41, 5.74) is 1.66. The average molecular weight is 432 g/mol. The fourth-order valence-electron chi connectivity index (χ4n) is 4.27. The van der Waals surface area contributed by atoms with Crippen LogP contribution in [0.3, 0.4) is 0 Å². The molecule has 2 aromatic carbocycles. The Morgan fingerprint density at radius 2 is 1.77 bits per heavy atom. The molecule has 1 aliphatic heterocycles. The Balaban J connectivity index is 2.27. The molecule has 1 aliphatic rings. The van der Waals surface area contributed by atoms with E-state index < -0.39 is 0 Å². The number of unbranched alkanes of at least 4 members (excludes halogenated alkanes) is 1. The fourth-order valence-corrected chi connectivity index (χ4v) is 5.81. The molecule has 1 N–H and O–H groups in total. The molecule has 2 aromatic rings. The molecule has 0 fully saturated rings. The number of hydrogen-bond acceptors (Lipinski definition) is 6. The van der Waals surface area contributed by atoms with Gasteiger partial charge in [0.15, 0.2) is 11.5 Å². The van der Waals surface area contributed by atoms with E-state index in [0.717, 1.165) is 47.5 Å². The summed E-state index contributed by atoms with van der Waals surface area (Å²) >= 11 is 1.73. The summed E-state index contributed by atoms with van der Waals surface area (Å²) in [6.45, 7) is 4.35. The second-order valence-corrected chi connectivity index (χ2v) is 8.68. The monoisotopic (exact) mass is 431 g/mol. The zero-order valence-corrected chi connectivity index (χ0v) is 19.4. The summed E-state index contributed by atoms with van der Waals surface area (Å²) < 4.78 is 17.1. The van der Waals surface area contributed by atoms with Gasteiger partial charge in [-0.25, -0.2) is 0 Å². The molecule has 0 spiro atoms. The van der Waals surface area contributed by atoms with Crippen LogP contribution in [0.2, 0.25) is 0 Å². The van der Waals surface area contributed by atoms with Crippen molar-refractivity contribution >= 4 is 11.8 Å². The third-order valence-electron chi connectivity index (χ3n) is 6.09. The first-order chi connectivity index (χ1) is 14.6. The van der Waals surface area contributed by atoms with Crippen LogP contribution in [-0.4, -0.2) is 42.9 Å². The molecule has 3 rings (SSSR count). The van der Waals surface area contributed by atoms with Gasteiger partial charge in [-0.1, -0.05) is 57.0 Å². The largest absolute Gasteiger partial charge is 0.493 e. The Bertz CT molecular complexity index is 845. The molecule has 2 atom stereocenters. The average Bonchev–Trinajstić information content (AvgIpc) is 2.91. The van der Waals surface area contributed by atoms with Gasteiger partial charge in [0.2, 0.25) is 5.75 Å². The van der Waals surface area contributed by atoms with Gasteiger partial charge in [0.1, 0.15) is 0 Å². The molecule has 6 heteroatoms. The lowest BCUT2D eigenvalue weighted by molar-refractivity contribution is -0.193. The third-order valence-corrected chi connectivity index (χ3v) is 7.48. The van der Waals surface area contributed by atoms with Crippen molar-refractivity contribution in [1.82, 2.24) is 5.06 Å². The Morgan fingerprint density at radius 3 is 2.33 bits per heavy atom. The van der Waals surface area contributed by atoms with Crippen molar-refractivity contribution in [3.63, 3.8) is 0 Å². The number of methoxy groups -OCH3 is 3. The molecule has 0 bridgehead atoms. The van der Waals surface area contributed by atoms with Crippen molar-refractivity contribution in [1.29, 1.82) is 0 Å². The number of rotatable bonds is 8. The minimum Gasteiger partial charge on any atom is -0.493 e. The van der Waals surface area contributed by atoms with E-state index in [0.29, 0.717) is 17.2 Å². The number of fused-ring (bicyclic) bond motifs is 1. The van der Waals surface area contributed by atoms with Crippen LogP contribution in [0.5, 0.6) is 17.2 Å². The third kappa shape index (κ3) is 4.01. The number of nitrogens with zero attached hydrogens (tertiary/aromatic N) is 1. The summed E-state index contributed by atoms with van der Waals surface area (Å²) in [6.07, 6.45) is 3.93. The van der Waals surface area contributed by atoms with Crippen LogP contribution in [0.4, 0.5) is 0 Å². The van der Waals surface area contributed by atoms with Crippen molar-refractivity contribution in [2.45, 2.75) is 56.0 Å². The van der Waals surface area contributed by atoms with Crippen LogP contribution in [0.1, 0.15) is 56.7 Å². The lowest BCUT2D eigenvalue weighted by atomic mass is 9.87. The molecule has 0 radical (unpaired) electrons. The molecule has 5 nitrogen and oxygen atoms in total. The molecule has 0 amide bonds. The molecule has 0 aromatic heterocycles. The number of hydroxylamine groups is 2. The van der Waals surface area contributed by atoms with Gasteiger partial charge >= 0.3 is 0 Å². The molecular weight excluding hydrogens is 398 g/mol. The smallest absolute Gasteiger partial charge is 0.204 e. The van der Waals surface area contributed by atoms with E-state index in [4.69, 9.17) is 14.2 Å². The highest BCUT2D eigenvalue weighted by molar-refractivity contribution is 7.99. The minimum absolute atomic E-state index is 0.332. The molecule has 1 heterocycles. The Hall–Kier alpha value is -1.89. The number of ether oxygens (including phenoxy) is 3. The summed E-state index contributed by atoms with van der Waals surface area (Å²) in [7, 11) is 4.90. The topological polar surface area (TPSA) is 51.2 Å². The highest BCUT2D eigenvalue weighted by atomic mass is 32.2. The zero-order valence-electron chi connectivity index (χ0n) is 18.6. The van der Waals surface area contributed by atoms with E-state index in [1.165, 1.54) is 0 Å². The van der Waals surface area contributed by atoms with E-state index >= 15 is 0 Å². The standard InChI is InChI=1S/C24H33NO4S/c1-6-8-14-24(7-2)16-30-23-18(15-19(27-3)21(28-4)22(23)29-5)20(25(24)26)17-12-10-9-11-13-17/h9-13,15,20,26H,6-8,14,16H2,1-5H3/t20-,24-/m0/s1. The maximum atomic E-state index is 11.7. The minimum atomic E-state index is -0.342. The van der Waals surface area contributed by atoms with Gasteiger partial charge in [-0.2, -0.15) is 5.06 Å². The van der Waals surface area contributed by atoms with E-state index in [9.17, 15) is 5.21 Å². The van der Waals surface area contributed by atoms with Gasteiger partial charge in [0, 0.05) is 5.75 Å². The van der Waals surface area contributed by atoms with E-state index in [1.54, 1.807) is 38.2 Å². The van der Waals surface area contributed by atoms with Crippen molar-refractivity contribution in [3.05, 3.63) is 47.5 Å². The molecule has 0 saturated heterocycles. The van der Waals surface area contributed by atoms with Gasteiger partial charge in [-0.15, -0.1) is 11.8 Å². The zero-order chi connectivity index (χ0) is 21.7. The highest BCUT2D eigenvalue weighted by Gasteiger charge is 2.44. The van der Waals surface area contributed by atoms with Crippen molar-refractivity contribution < 1.29 is 19.4 Å². The van der Waals surface area contributed by atoms with Crippen molar-refractivity contribution in [3.8, 4) is 17.2 Å². The van der Waals surface area contributed by atoms with Crippen molar-refractivity contribution in [2.75, 3.05) is 27.1 Å². The normalized spacial score (nSPS) is 21.6. The second kappa shape index (κ2) is 9.94. The van der Waals surface area contributed by atoms with Crippen LogP contribution in [0.25, 0.3) is 0 Å². The Kier molecular flexibility index (Phi) is 7.55. The van der Waals surface area contributed by atoms with Crippen LogP contribution in [0, 0.1) is 0 Å². The van der Waals surface area contributed by atoms with Crippen LogP contribution < -0.4 is 14.2 Å². The summed E-state index contributed by atoms with van der Waals surface area (Å²) in [4.78, 5) is 0.995. The lowest BCUT2D eigenvalue weighted by Crippen LogP contribution is -2.49. The van der Waals surface area contributed by atoms with Gasteiger partial charge in [-0.3, -0.25) is 0 Å². The quantitative estimate of drug-likeness (QED) is 0.558. The maximum Gasteiger partial charge on any atom is 0.204 e. The lowest BCUT2D eigenvalue weighted by Gasteiger charge is -2.42. The molecule has 0 unspecified atom stereocenters. The Morgan fingerprint density at radius 1 is 1.07 bits per heavy atom. The van der Waals surface area contributed by atoms with E-state index in [2.05, 4.69) is 26.0 Å². The first-order valence-electron chi connectivity index (χ1n) is 10.6. The molecular formula is C24H33NO4S. The fraction of sp³-hybridized carbons (Fsp3) is 0.500. The van der Waals surface area contributed by atoms with Crippen LogP contribution in [0.15, 0.2) is 41.3 Å². The maximum absolute atomic E-state index is 11.7. The van der Waals surface area contributed by atoms with Crippen molar-refractivity contribution in [2.24, 2.45) is 0 Å². The van der Waals surface area contributed by atoms with E-state index in [-0.39, 0.29) is 11.6 Å². The summed E-state index contributed by atoms with van der Waals surface area (Å²) in [5, 5.41) is 13.3. The first-order valence-corrected chi connectivity index (χ1v) is 11.5.